The van der Waals surface area contributed by atoms with E-state index in [9.17, 15) is 13.6 Å². The number of halogens is 2. The number of hydrogen-bond acceptors (Lipinski definition) is 2. The summed E-state index contributed by atoms with van der Waals surface area (Å²) in [5, 5.41) is 5.34. The van der Waals surface area contributed by atoms with E-state index in [1.165, 1.54) is 0 Å². The molecule has 92 valence electrons. The molecule has 1 aliphatic carbocycles. The van der Waals surface area contributed by atoms with Gasteiger partial charge in [0.2, 0.25) is 5.91 Å². The third-order valence-electron chi connectivity index (χ3n) is 3.77. The summed E-state index contributed by atoms with van der Waals surface area (Å²) >= 11 is 0. The second-order valence-electron chi connectivity index (χ2n) is 5.06. The van der Waals surface area contributed by atoms with Gasteiger partial charge in [-0.05, 0) is 24.7 Å². The van der Waals surface area contributed by atoms with Gasteiger partial charge in [-0.15, -0.1) is 0 Å². The highest BCUT2D eigenvalue weighted by molar-refractivity contribution is 5.82. The first-order chi connectivity index (χ1) is 7.46. The van der Waals surface area contributed by atoms with Crippen molar-refractivity contribution in [2.45, 2.75) is 44.6 Å². The third kappa shape index (κ3) is 2.51. The molecule has 3 nitrogen and oxygen atoms in total. The Morgan fingerprint density at radius 1 is 1.50 bits per heavy atom. The van der Waals surface area contributed by atoms with Crippen molar-refractivity contribution in [3.8, 4) is 0 Å². The largest absolute Gasteiger partial charge is 0.354 e. The maximum Gasteiger partial charge on any atom is 0.262 e. The fraction of sp³-hybridized carbons (Fsp3) is 0.909. The van der Waals surface area contributed by atoms with E-state index < -0.39 is 12.0 Å². The average molecular weight is 232 g/mol. The highest BCUT2D eigenvalue weighted by Crippen LogP contribution is 2.47. The van der Waals surface area contributed by atoms with Crippen molar-refractivity contribution >= 4 is 5.91 Å². The summed E-state index contributed by atoms with van der Waals surface area (Å²) in [5.41, 5.74) is 0.261. The lowest BCUT2D eigenvalue weighted by Crippen LogP contribution is -2.42. The van der Waals surface area contributed by atoms with Gasteiger partial charge in [0.25, 0.3) is 5.92 Å². The number of rotatable bonds is 4. The number of alkyl halides is 2. The molecule has 0 aromatic carbocycles. The Hall–Kier alpha value is -0.710. The normalized spacial score (nSPS) is 30.1. The zero-order valence-electron chi connectivity index (χ0n) is 9.48. The third-order valence-corrected chi connectivity index (χ3v) is 3.77. The molecule has 2 fully saturated rings. The van der Waals surface area contributed by atoms with Crippen molar-refractivity contribution < 1.29 is 13.6 Å². The molecule has 1 heterocycles. The van der Waals surface area contributed by atoms with Crippen LogP contribution in [0.2, 0.25) is 0 Å². The van der Waals surface area contributed by atoms with Crippen LogP contribution in [0.5, 0.6) is 0 Å². The van der Waals surface area contributed by atoms with Crippen LogP contribution in [0.25, 0.3) is 0 Å². The van der Waals surface area contributed by atoms with E-state index in [1.54, 1.807) is 0 Å². The van der Waals surface area contributed by atoms with Crippen LogP contribution in [0.3, 0.4) is 0 Å². The fourth-order valence-electron chi connectivity index (χ4n) is 2.13. The summed E-state index contributed by atoms with van der Waals surface area (Å²) in [6, 6.07) is -0.720. The van der Waals surface area contributed by atoms with Crippen LogP contribution in [0.15, 0.2) is 0 Å². The Balaban J connectivity index is 1.77. The number of hydrogen-bond donors (Lipinski definition) is 2. The summed E-state index contributed by atoms with van der Waals surface area (Å²) in [7, 11) is 0. The molecule has 0 aromatic heterocycles. The predicted molar refractivity (Wildman–Crippen MR) is 56.3 cm³/mol. The van der Waals surface area contributed by atoms with Gasteiger partial charge in [0.15, 0.2) is 0 Å². The Morgan fingerprint density at radius 3 is 2.62 bits per heavy atom. The first-order valence-electron chi connectivity index (χ1n) is 5.85. The van der Waals surface area contributed by atoms with E-state index in [1.807, 2.05) is 0 Å². The molecule has 1 saturated heterocycles. The van der Waals surface area contributed by atoms with Gasteiger partial charge in [-0.25, -0.2) is 8.78 Å². The molecule has 2 rings (SSSR count). The van der Waals surface area contributed by atoms with E-state index in [4.69, 9.17) is 0 Å². The molecule has 1 atom stereocenters. The lowest BCUT2D eigenvalue weighted by atomic mass is 10.0. The molecule has 0 aromatic rings. The van der Waals surface area contributed by atoms with Crippen LogP contribution in [-0.4, -0.2) is 31.0 Å². The van der Waals surface area contributed by atoms with Gasteiger partial charge in [0, 0.05) is 13.0 Å². The Kier molecular flexibility index (Phi) is 2.90. The minimum atomic E-state index is -2.73. The molecule has 2 aliphatic rings. The molecule has 1 aliphatic heterocycles. The monoisotopic (exact) mass is 232 g/mol. The molecular formula is C11H18F2N2O. The maximum absolute atomic E-state index is 12.9. The molecule has 2 N–H and O–H groups in total. The second-order valence-corrected chi connectivity index (χ2v) is 5.06. The summed E-state index contributed by atoms with van der Waals surface area (Å²) < 4.78 is 25.7. The molecular weight excluding hydrogens is 214 g/mol. The summed E-state index contributed by atoms with van der Waals surface area (Å²) in [5.74, 6) is -3.01. The molecule has 0 radical (unpaired) electrons. The molecule has 5 heteroatoms. The smallest absolute Gasteiger partial charge is 0.262 e. The van der Waals surface area contributed by atoms with Crippen LogP contribution in [0.4, 0.5) is 8.78 Å². The van der Waals surface area contributed by atoms with E-state index >= 15 is 0 Å². The lowest BCUT2D eigenvalue weighted by Gasteiger charge is -2.16. The Bertz CT molecular complexity index is 290. The predicted octanol–water partition coefficient (Wildman–Crippen LogP) is 1.29. The molecule has 16 heavy (non-hydrogen) atoms. The van der Waals surface area contributed by atoms with Crippen molar-refractivity contribution in [1.82, 2.24) is 10.6 Å². The van der Waals surface area contributed by atoms with Crippen LogP contribution < -0.4 is 10.6 Å². The molecule has 1 unspecified atom stereocenters. The standard InChI is InChI=1S/C11H18F2N2O/c1-2-10(3-4-10)6-15-9(16)8-5-11(12,13)7-14-8/h8,14H,2-7H2,1H3,(H,15,16). The van der Waals surface area contributed by atoms with Crippen LogP contribution in [-0.2, 0) is 4.79 Å². The first-order valence-corrected chi connectivity index (χ1v) is 5.85. The van der Waals surface area contributed by atoms with Gasteiger partial charge in [-0.3, -0.25) is 10.1 Å². The number of carbonyl (C=O) groups is 1. The van der Waals surface area contributed by atoms with E-state index in [0.717, 1.165) is 19.3 Å². The van der Waals surface area contributed by atoms with Crippen LogP contribution in [0.1, 0.15) is 32.6 Å². The maximum atomic E-state index is 12.9. The van der Waals surface area contributed by atoms with E-state index in [0.29, 0.717) is 6.54 Å². The zero-order valence-corrected chi connectivity index (χ0v) is 9.48. The molecule has 0 bridgehead atoms. The number of nitrogens with one attached hydrogen (secondary N) is 2. The van der Waals surface area contributed by atoms with Crippen LogP contribution in [0, 0.1) is 5.41 Å². The summed E-state index contributed by atoms with van der Waals surface area (Å²) in [6.45, 7) is 2.34. The van der Waals surface area contributed by atoms with Gasteiger partial charge in [-0.1, -0.05) is 6.92 Å². The summed E-state index contributed by atoms with van der Waals surface area (Å²) in [4.78, 5) is 11.6. The first kappa shape index (κ1) is 11.8. The topological polar surface area (TPSA) is 41.1 Å². The highest BCUT2D eigenvalue weighted by Gasteiger charge is 2.44. The minimum Gasteiger partial charge on any atom is -0.354 e. The van der Waals surface area contributed by atoms with E-state index in [-0.39, 0.29) is 24.3 Å². The molecule has 1 amide bonds. The number of amides is 1. The Morgan fingerprint density at radius 2 is 2.19 bits per heavy atom. The van der Waals surface area contributed by atoms with Crippen molar-refractivity contribution in [3.05, 3.63) is 0 Å². The second kappa shape index (κ2) is 3.95. The summed E-state index contributed by atoms with van der Waals surface area (Å²) in [6.07, 6.45) is 2.94. The van der Waals surface area contributed by atoms with Crippen molar-refractivity contribution in [2.24, 2.45) is 5.41 Å². The van der Waals surface area contributed by atoms with E-state index in [2.05, 4.69) is 17.6 Å². The SMILES string of the molecule is CCC1(CNC(=O)C2CC(F)(F)CN2)CC1. The van der Waals surface area contributed by atoms with Crippen LogP contribution >= 0.6 is 0 Å². The molecule has 0 spiro atoms. The van der Waals surface area contributed by atoms with Gasteiger partial charge < -0.3 is 5.32 Å². The van der Waals surface area contributed by atoms with Crippen molar-refractivity contribution in [3.63, 3.8) is 0 Å². The zero-order chi connectivity index (χ0) is 11.8. The van der Waals surface area contributed by atoms with Gasteiger partial charge >= 0.3 is 0 Å². The van der Waals surface area contributed by atoms with Gasteiger partial charge in [-0.2, -0.15) is 0 Å². The highest BCUT2D eigenvalue weighted by atomic mass is 19.3. The molecule has 1 saturated carbocycles. The Labute approximate surface area is 94.0 Å². The van der Waals surface area contributed by atoms with Crippen molar-refractivity contribution in [1.29, 1.82) is 0 Å². The minimum absolute atomic E-state index is 0.261. The van der Waals surface area contributed by atoms with Crippen molar-refractivity contribution in [2.75, 3.05) is 13.1 Å². The van der Waals surface area contributed by atoms with Gasteiger partial charge in [0.05, 0.1) is 12.6 Å². The quantitative estimate of drug-likeness (QED) is 0.767. The fourth-order valence-corrected chi connectivity index (χ4v) is 2.13. The average Bonchev–Trinajstić information content (AvgIpc) is 2.93. The lowest BCUT2D eigenvalue weighted by molar-refractivity contribution is -0.123. The van der Waals surface area contributed by atoms with Gasteiger partial charge in [0.1, 0.15) is 0 Å². The number of carbonyl (C=O) groups excluding carboxylic acids is 1.